The molecule has 0 unspecified atom stereocenters. The topological polar surface area (TPSA) is 127 Å². The first kappa shape index (κ1) is 24.9. The maximum absolute atomic E-state index is 8.88. The van der Waals surface area contributed by atoms with Gasteiger partial charge in [-0.2, -0.15) is 0 Å². The summed E-state index contributed by atoms with van der Waals surface area (Å²) in [6, 6.07) is 0. The van der Waals surface area contributed by atoms with E-state index in [1.54, 1.807) is 0 Å². The molecule has 0 saturated carbocycles. The van der Waals surface area contributed by atoms with Gasteiger partial charge in [0, 0.05) is 0 Å². The highest BCUT2D eigenvalue weighted by Gasteiger charge is 2.06. The van der Waals surface area contributed by atoms with Crippen LogP contribution >= 0.6 is 14.5 Å². The molecule has 7 nitrogen and oxygen atoms in total. The SMILES string of the molecule is CCCCCCCCCCCCOP(O)(O)=S.O=P(O)(O)O. The molecule has 0 aliphatic carbocycles. The summed E-state index contributed by atoms with van der Waals surface area (Å²) < 4.78 is 13.6. The maximum atomic E-state index is 8.88. The van der Waals surface area contributed by atoms with Crippen LogP contribution in [0, 0.1) is 0 Å². The molecule has 0 spiro atoms. The molecule has 136 valence electrons. The van der Waals surface area contributed by atoms with Crippen molar-refractivity contribution in [3.8, 4) is 0 Å². The molecule has 0 aliphatic rings. The van der Waals surface area contributed by atoms with Crippen LogP contribution in [-0.4, -0.2) is 31.1 Å². The van der Waals surface area contributed by atoms with Gasteiger partial charge in [-0.25, -0.2) is 4.57 Å². The fraction of sp³-hybridized carbons (Fsp3) is 1.00. The minimum Gasteiger partial charge on any atom is -0.325 e. The van der Waals surface area contributed by atoms with Gasteiger partial charge in [0.15, 0.2) is 0 Å². The van der Waals surface area contributed by atoms with Gasteiger partial charge >= 0.3 is 14.5 Å². The van der Waals surface area contributed by atoms with E-state index in [0.717, 1.165) is 12.8 Å². The highest BCUT2D eigenvalue weighted by molar-refractivity contribution is 8.06. The minimum absolute atomic E-state index is 0.376. The van der Waals surface area contributed by atoms with E-state index in [1.807, 2.05) is 0 Å². The molecular formula is C12H30O7P2S. The third-order valence-electron chi connectivity index (χ3n) is 2.76. The number of phosphoric acid groups is 1. The summed E-state index contributed by atoms with van der Waals surface area (Å²) in [5.41, 5.74) is 0. The Balaban J connectivity index is 0. The predicted molar refractivity (Wildman–Crippen MR) is 90.8 cm³/mol. The Morgan fingerprint density at radius 3 is 1.41 bits per heavy atom. The second kappa shape index (κ2) is 15.2. The monoisotopic (exact) mass is 380 g/mol. The molecule has 0 heterocycles. The Hall–Kier alpha value is 0.640. The third-order valence-corrected chi connectivity index (χ3v) is 3.59. The van der Waals surface area contributed by atoms with E-state index in [0.29, 0.717) is 6.61 Å². The lowest BCUT2D eigenvalue weighted by Gasteiger charge is -2.07. The Kier molecular flexibility index (Phi) is 17.2. The summed E-state index contributed by atoms with van der Waals surface area (Å²) in [6.07, 6.45) is 12.5. The van der Waals surface area contributed by atoms with E-state index in [4.69, 9.17) is 33.6 Å². The normalized spacial score (nSPS) is 11.9. The average molecular weight is 380 g/mol. The minimum atomic E-state index is -4.64. The van der Waals surface area contributed by atoms with Crippen molar-refractivity contribution in [2.24, 2.45) is 0 Å². The second-order valence-corrected chi connectivity index (χ2v) is 8.71. The fourth-order valence-electron chi connectivity index (χ4n) is 1.77. The van der Waals surface area contributed by atoms with Crippen molar-refractivity contribution in [3.05, 3.63) is 0 Å². The molecule has 0 saturated heterocycles. The van der Waals surface area contributed by atoms with E-state index in [1.165, 1.54) is 51.4 Å². The molecule has 0 aromatic rings. The number of unbranched alkanes of at least 4 members (excludes halogenated alkanes) is 9. The second-order valence-electron chi connectivity index (χ2n) is 5.02. The average Bonchev–Trinajstić information content (AvgIpc) is 2.32. The predicted octanol–water partition coefficient (Wildman–Crippen LogP) is 3.20. The van der Waals surface area contributed by atoms with Crippen LogP contribution in [0.3, 0.4) is 0 Å². The van der Waals surface area contributed by atoms with Crippen LogP contribution in [0.1, 0.15) is 71.1 Å². The Labute approximate surface area is 138 Å². The van der Waals surface area contributed by atoms with Crippen molar-refractivity contribution in [3.63, 3.8) is 0 Å². The van der Waals surface area contributed by atoms with Gasteiger partial charge in [-0.15, -0.1) is 0 Å². The number of rotatable bonds is 12. The van der Waals surface area contributed by atoms with E-state index in [2.05, 4.69) is 18.7 Å². The molecule has 22 heavy (non-hydrogen) atoms. The van der Waals surface area contributed by atoms with Crippen LogP contribution in [0.15, 0.2) is 0 Å². The lowest BCUT2D eigenvalue weighted by atomic mass is 10.1. The van der Waals surface area contributed by atoms with Gasteiger partial charge in [0.2, 0.25) is 0 Å². The fourth-order valence-corrected chi connectivity index (χ4v) is 2.36. The van der Waals surface area contributed by atoms with Gasteiger partial charge in [-0.3, -0.25) is 0 Å². The smallest absolute Gasteiger partial charge is 0.325 e. The molecule has 0 radical (unpaired) electrons. The maximum Gasteiger partial charge on any atom is 0.466 e. The van der Waals surface area contributed by atoms with Crippen molar-refractivity contribution in [1.82, 2.24) is 0 Å². The molecule has 0 aliphatic heterocycles. The molecule has 5 N–H and O–H groups in total. The number of hydrogen-bond donors (Lipinski definition) is 5. The van der Waals surface area contributed by atoms with E-state index >= 15 is 0 Å². The van der Waals surface area contributed by atoms with E-state index in [9.17, 15) is 0 Å². The molecule has 0 bridgehead atoms. The first-order chi connectivity index (χ1) is 10.1. The zero-order valence-corrected chi connectivity index (χ0v) is 15.7. The number of hydrogen-bond acceptors (Lipinski definition) is 3. The van der Waals surface area contributed by atoms with Gasteiger partial charge in [-0.1, -0.05) is 64.7 Å². The molecule has 10 heteroatoms. The summed E-state index contributed by atoms with van der Waals surface area (Å²) in [7, 11) is -4.64. The van der Waals surface area contributed by atoms with Crippen molar-refractivity contribution in [2.45, 2.75) is 71.1 Å². The van der Waals surface area contributed by atoms with Crippen molar-refractivity contribution >= 4 is 26.3 Å². The van der Waals surface area contributed by atoms with Gasteiger partial charge in [0.25, 0.3) is 0 Å². The summed E-state index contributed by atoms with van der Waals surface area (Å²) in [4.78, 5) is 39.2. The lowest BCUT2D eigenvalue weighted by molar-refractivity contribution is 0.245. The molecule has 0 rings (SSSR count). The summed E-state index contributed by atoms with van der Waals surface area (Å²) in [5.74, 6) is 0. The first-order valence-corrected chi connectivity index (χ1v) is 11.7. The molecule has 0 aromatic carbocycles. The lowest BCUT2D eigenvalue weighted by Crippen LogP contribution is -1.92. The van der Waals surface area contributed by atoms with E-state index in [-0.39, 0.29) is 0 Å². The summed E-state index contributed by atoms with van der Waals surface area (Å²) in [6.45, 7) is -0.797. The van der Waals surface area contributed by atoms with Gasteiger partial charge < -0.3 is 29.0 Å². The molecule has 0 amide bonds. The summed E-state index contributed by atoms with van der Waals surface area (Å²) in [5, 5.41) is 0. The Bertz CT molecular complexity index is 321. The molecule has 0 fully saturated rings. The van der Waals surface area contributed by atoms with Gasteiger partial charge in [0.1, 0.15) is 0 Å². The molecule has 0 atom stereocenters. The van der Waals surface area contributed by atoms with Crippen LogP contribution in [0.2, 0.25) is 0 Å². The van der Waals surface area contributed by atoms with Crippen molar-refractivity contribution < 1.29 is 33.6 Å². The van der Waals surface area contributed by atoms with Crippen LogP contribution in [0.5, 0.6) is 0 Å². The van der Waals surface area contributed by atoms with Crippen LogP contribution in [0.25, 0.3) is 0 Å². The van der Waals surface area contributed by atoms with Gasteiger partial charge in [-0.05, 0) is 18.2 Å². The standard InChI is InChI=1S/C12H27O3PS.H3O4P/c1-2-3-4-5-6-7-8-9-10-11-12-15-16(13,14)17;1-5(2,3)4/h2-12H2,1H3,(H2,13,14,17);(H3,1,2,3,4). The molecule has 0 aromatic heterocycles. The highest BCUT2D eigenvalue weighted by atomic mass is 32.5. The highest BCUT2D eigenvalue weighted by Crippen LogP contribution is 2.36. The quantitative estimate of drug-likeness (QED) is 0.258. The Morgan fingerprint density at radius 2 is 1.09 bits per heavy atom. The van der Waals surface area contributed by atoms with Crippen LogP contribution in [0.4, 0.5) is 0 Å². The zero-order valence-electron chi connectivity index (χ0n) is 13.1. The van der Waals surface area contributed by atoms with Gasteiger partial charge in [0.05, 0.1) is 6.61 Å². The zero-order chi connectivity index (χ0) is 17.5. The van der Waals surface area contributed by atoms with Crippen molar-refractivity contribution in [2.75, 3.05) is 6.61 Å². The first-order valence-electron chi connectivity index (χ1n) is 7.54. The molecular weight excluding hydrogens is 350 g/mol. The summed E-state index contributed by atoms with van der Waals surface area (Å²) >= 11 is 4.35. The van der Waals surface area contributed by atoms with Crippen LogP contribution < -0.4 is 0 Å². The van der Waals surface area contributed by atoms with Crippen molar-refractivity contribution in [1.29, 1.82) is 0 Å². The van der Waals surface area contributed by atoms with Crippen LogP contribution in [-0.2, 0) is 20.9 Å². The largest absolute Gasteiger partial charge is 0.466 e. The van der Waals surface area contributed by atoms with E-state index < -0.39 is 14.5 Å². The third kappa shape index (κ3) is 37.1. The Morgan fingerprint density at radius 1 is 0.773 bits per heavy atom.